The zero-order chi connectivity index (χ0) is 27.0. The largest absolute Gasteiger partial charge is 0.489 e. The lowest BCUT2D eigenvalue weighted by atomic mass is 10.0. The smallest absolute Gasteiger partial charge is 0.416 e. The van der Waals surface area contributed by atoms with Gasteiger partial charge in [-0.1, -0.05) is 12.1 Å². The van der Waals surface area contributed by atoms with Crippen LogP contribution in [0.3, 0.4) is 0 Å². The fraction of sp³-hybridized carbons (Fsp3) is 0.320. The van der Waals surface area contributed by atoms with Crippen molar-refractivity contribution in [2.24, 2.45) is 0 Å². The van der Waals surface area contributed by atoms with Crippen molar-refractivity contribution in [3.63, 3.8) is 0 Å². The molecule has 198 valence electrons. The minimum absolute atomic E-state index is 0.0130. The van der Waals surface area contributed by atoms with Gasteiger partial charge in [0.2, 0.25) is 0 Å². The summed E-state index contributed by atoms with van der Waals surface area (Å²) in [6.45, 7) is 0.547. The Kier molecular flexibility index (Phi) is 7.22. The van der Waals surface area contributed by atoms with Crippen molar-refractivity contribution in [2.45, 2.75) is 25.4 Å². The Labute approximate surface area is 206 Å². The molecule has 5 nitrogen and oxygen atoms in total. The van der Waals surface area contributed by atoms with Crippen molar-refractivity contribution >= 4 is 12.0 Å². The fourth-order valence-electron chi connectivity index (χ4n) is 4.11. The van der Waals surface area contributed by atoms with Crippen LogP contribution in [0.4, 0.5) is 30.7 Å². The van der Waals surface area contributed by atoms with Gasteiger partial charge in [0.15, 0.2) is 0 Å². The Morgan fingerprint density at radius 2 is 1.84 bits per heavy atom. The predicted octanol–water partition coefficient (Wildman–Crippen LogP) is 5.93. The number of hydrogen-bond donors (Lipinski definition) is 1. The van der Waals surface area contributed by atoms with E-state index >= 15 is 0 Å². The molecule has 1 N–H and O–H groups in total. The summed E-state index contributed by atoms with van der Waals surface area (Å²) in [5, 5.41) is 9.17. The second-order valence-corrected chi connectivity index (χ2v) is 8.60. The van der Waals surface area contributed by atoms with Crippen LogP contribution in [0.25, 0.3) is 6.08 Å². The minimum Gasteiger partial charge on any atom is -0.489 e. The Hall–Kier alpha value is -3.54. The molecule has 0 amide bonds. The van der Waals surface area contributed by atoms with E-state index in [1.165, 1.54) is 6.07 Å². The number of nitrogens with zero attached hydrogens (tertiary/aromatic N) is 1. The Morgan fingerprint density at radius 3 is 2.51 bits per heavy atom. The van der Waals surface area contributed by atoms with E-state index in [4.69, 9.17) is 9.47 Å². The molecule has 0 saturated heterocycles. The van der Waals surface area contributed by atoms with E-state index in [9.17, 15) is 40.6 Å². The highest BCUT2D eigenvalue weighted by Crippen LogP contribution is 2.38. The second-order valence-electron chi connectivity index (χ2n) is 8.60. The van der Waals surface area contributed by atoms with E-state index in [0.29, 0.717) is 37.2 Å². The first-order valence-electron chi connectivity index (χ1n) is 11.0. The summed E-state index contributed by atoms with van der Waals surface area (Å²) < 4.78 is 104. The Morgan fingerprint density at radius 1 is 1.08 bits per heavy atom. The second kappa shape index (κ2) is 10.1. The van der Waals surface area contributed by atoms with Gasteiger partial charge in [-0.05, 0) is 30.2 Å². The summed E-state index contributed by atoms with van der Waals surface area (Å²) in [7, 11) is 0. The zero-order valence-electron chi connectivity index (χ0n) is 19.0. The molecule has 2 aliphatic heterocycles. The molecule has 0 aromatic heterocycles. The molecule has 2 aliphatic rings. The lowest BCUT2D eigenvalue weighted by molar-refractivity contribution is -0.143. The molecular weight excluding hydrogens is 511 g/mol. The maximum Gasteiger partial charge on any atom is 0.416 e. The van der Waals surface area contributed by atoms with Crippen LogP contribution in [-0.4, -0.2) is 42.2 Å². The van der Waals surface area contributed by atoms with E-state index in [1.807, 2.05) is 4.90 Å². The quantitative estimate of drug-likeness (QED) is 0.468. The standard InChI is InChI=1S/C25H20F7NO4/c26-21-8-18(36-13-16-3-4-17(24(27,28)29)7-20(16)25(30,31)32)9-22-19(21)6-14(12-37-22)10-33-5-1-2-15(11-33)23(34)35/h2-4,6-9H,1,5,10-13H2,(H,34,35). The Bertz CT molecular complexity index is 1260. The topological polar surface area (TPSA) is 59.0 Å². The first kappa shape index (κ1) is 26.5. The van der Waals surface area contributed by atoms with E-state index < -0.39 is 47.4 Å². The average Bonchev–Trinajstić information content (AvgIpc) is 2.82. The number of carboxylic acids is 1. The molecule has 0 fully saturated rings. The van der Waals surface area contributed by atoms with Gasteiger partial charge < -0.3 is 14.6 Å². The molecule has 2 aromatic rings. The molecule has 0 atom stereocenters. The number of rotatable bonds is 6. The number of ether oxygens (including phenoxy) is 2. The van der Waals surface area contributed by atoms with Gasteiger partial charge in [-0.25, -0.2) is 9.18 Å². The summed E-state index contributed by atoms with van der Waals surface area (Å²) >= 11 is 0. The van der Waals surface area contributed by atoms with Crippen LogP contribution in [-0.2, 0) is 23.8 Å². The molecule has 2 aromatic carbocycles. The van der Waals surface area contributed by atoms with Crippen LogP contribution in [0.2, 0.25) is 0 Å². The van der Waals surface area contributed by atoms with Gasteiger partial charge in [0, 0.05) is 42.9 Å². The number of alkyl halides is 6. The Balaban J connectivity index is 1.49. The number of hydrogen-bond acceptors (Lipinski definition) is 4. The van der Waals surface area contributed by atoms with Crippen molar-refractivity contribution in [2.75, 3.05) is 26.2 Å². The monoisotopic (exact) mass is 531 g/mol. The van der Waals surface area contributed by atoms with Crippen molar-refractivity contribution in [1.82, 2.24) is 4.90 Å². The van der Waals surface area contributed by atoms with Crippen molar-refractivity contribution in [3.05, 3.63) is 75.6 Å². The number of aliphatic carboxylic acids is 1. The number of carbonyl (C=O) groups is 1. The van der Waals surface area contributed by atoms with Crippen LogP contribution in [0, 0.1) is 5.82 Å². The highest BCUT2D eigenvalue weighted by Gasteiger charge is 2.38. The molecular formula is C25H20F7NO4. The van der Waals surface area contributed by atoms with Gasteiger partial charge in [0.05, 0.1) is 16.7 Å². The van der Waals surface area contributed by atoms with Crippen LogP contribution in [0.1, 0.15) is 28.7 Å². The van der Waals surface area contributed by atoms with Crippen LogP contribution < -0.4 is 9.47 Å². The van der Waals surface area contributed by atoms with E-state index in [2.05, 4.69) is 0 Å². The third kappa shape index (κ3) is 6.24. The van der Waals surface area contributed by atoms with E-state index in [1.54, 1.807) is 12.2 Å². The molecule has 0 spiro atoms. The number of fused-ring (bicyclic) bond motifs is 1. The lowest BCUT2D eigenvalue weighted by Crippen LogP contribution is -2.35. The lowest BCUT2D eigenvalue weighted by Gasteiger charge is -2.28. The summed E-state index contributed by atoms with van der Waals surface area (Å²) in [6, 6.07) is 3.45. The van der Waals surface area contributed by atoms with Gasteiger partial charge in [-0.15, -0.1) is 0 Å². The maximum atomic E-state index is 14.8. The molecule has 2 heterocycles. The van der Waals surface area contributed by atoms with Crippen molar-refractivity contribution in [1.29, 1.82) is 0 Å². The number of halogens is 7. The predicted molar refractivity (Wildman–Crippen MR) is 117 cm³/mol. The third-order valence-electron chi connectivity index (χ3n) is 5.89. The van der Waals surface area contributed by atoms with E-state index in [-0.39, 0.29) is 41.9 Å². The zero-order valence-corrected chi connectivity index (χ0v) is 19.0. The maximum absolute atomic E-state index is 14.8. The third-order valence-corrected chi connectivity index (χ3v) is 5.89. The highest BCUT2D eigenvalue weighted by atomic mass is 19.4. The first-order valence-corrected chi connectivity index (χ1v) is 11.0. The van der Waals surface area contributed by atoms with E-state index in [0.717, 1.165) is 6.07 Å². The molecule has 0 saturated carbocycles. The molecule has 0 aliphatic carbocycles. The summed E-state index contributed by atoms with van der Waals surface area (Å²) in [5.41, 5.74) is -2.41. The average molecular weight is 531 g/mol. The molecule has 0 unspecified atom stereocenters. The van der Waals surface area contributed by atoms with Gasteiger partial charge in [-0.2, -0.15) is 26.3 Å². The molecule has 0 bridgehead atoms. The number of benzene rings is 2. The van der Waals surface area contributed by atoms with Crippen molar-refractivity contribution in [3.8, 4) is 11.5 Å². The molecule has 37 heavy (non-hydrogen) atoms. The van der Waals surface area contributed by atoms with Gasteiger partial charge in [0.1, 0.15) is 30.5 Å². The first-order chi connectivity index (χ1) is 17.3. The van der Waals surface area contributed by atoms with Gasteiger partial charge >= 0.3 is 18.3 Å². The normalized spacial score (nSPS) is 16.4. The molecule has 4 rings (SSSR count). The SMILES string of the molecule is O=C(O)C1=CCCN(CC2=Cc3c(F)cc(OCc4ccc(C(F)(F)F)cc4C(F)(F)F)cc3OC2)C1. The number of carboxylic acid groups (broad SMARTS) is 1. The van der Waals surface area contributed by atoms with Crippen LogP contribution in [0.15, 0.2) is 47.6 Å². The van der Waals surface area contributed by atoms with Crippen LogP contribution in [0.5, 0.6) is 11.5 Å². The summed E-state index contributed by atoms with van der Waals surface area (Å²) in [6.07, 6.45) is -6.22. The van der Waals surface area contributed by atoms with Gasteiger partial charge in [-0.3, -0.25) is 4.90 Å². The fourth-order valence-corrected chi connectivity index (χ4v) is 4.11. The minimum atomic E-state index is -5.05. The van der Waals surface area contributed by atoms with Crippen LogP contribution >= 0.6 is 0 Å². The highest BCUT2D eigenvalue weighted by molar-refractivity contribution is 5.87. The summed E-state index contributed by atoms with van der Waals surface area (Å²) in [5.74, 6) is -1.83. The molecule has 0 radical (unpaired) electrons. The van der Waals surface area contributed by atoms with Crippen molar-refractivity contribution < 1.29 is 50.1 Å². The van der Waals surface area contributed by atoms with Gasteiger partial charge in [0.25, 0.3) is 0 Å². The summed E-state index contributed by atoms with van der Waals surface area (Å²) in [4.78, 5) is 13.1. The molecule has 12 heteroatoms.